The molecule has 3 heterocycles. The normalized spacial score (nSPS) is 19.6. The molecule has 0 amide bonds. The molecule has 0 saturated carbocycles. The number of nitrogens with zero attached hydrogens (tertiary/aromatic N) is 3. The number of anilines is 1. The summed E-state index contributed by atoms with van der Waals surface area (Å²) in [6, 6.07) is 11.0. The summed E-state index contributed by atoms with van der Waals surface area (Å²) < 4.78 is 143. The minimum atomic E-state index is -4.66. The largest absolute Gasteiger partial charge is 0.492 e. The number of carbonyl (C=O) groups is 1. The van der Waals surface area contributed by atoms with E-state index < -0.39 is 85.9 Å². The van der Waals surface area contributed by atoms with E-state index in [-0.39, 0.29) is 53.6 Å². The topological polar surface area (TPSA) is 294 Å². The van der Waals surface area contributed by atoms with Crippen LogP contribution in [0, 0.1) is 5.92 Å². The number of benzene rings is 2. The monoisotopic (exact) mass is 1140 g/mol. The minimum Gasteiger partial charge on any atom is -0.492 e. The van der Waals surface area contributed by atoms with Crippen LogP contribution in [0.5, 0.6) is 11.8 Å². The molecule has 3 aromatic rings. The van der Waals surface area contributed by atoms with Crippen LogP contribution in [0.3, 0.4) is 0 Å². The lowest BCUT2D eigenvalue weighted by Crippen LogP contribution is -2.45. The number of ether oxygens (including phenoxy) is 1. The van der Waals surface area contributed by atoms with Gasteiger partial charge in [-0.15, -0.1) is 4.73 Å². The first kappa shape index (κ1) is 61.9. The molecule has 0 aliphatic carbocycles. The number of hydrogen-bond acceptors (Lipinski definition) is 15. The van der Waals surface area contributed by atoms with Gasteiger partial charge in [-0.2, -0.15) is 38.2 Å². The Kier molecular flexibility index (Phi) is 19.5. The summed E-state index contributed by atoms with van der Waals surface area (Å²) in [4.78, 5) is 19.1. The number of aromatic nitrogens is 1. The third-order valence-corrected chi connectivity index (χ3v) is 17.8. The molecule has 76 heavy (non-hydrogen) atoms. The fraction of sp³-hybridized carbons (Fsp3) is 0.538. The molecule has 0 radical (unpaired) electrons. The maximum absolute atomic E-state index is 12.6. The van der Waals surface area contributed by atoms with Gasteiger partial charge >= 0.3 is 5.97 Å². The first-order chi connectivity index (χ1) is 35.0. The molecule has 0 fully saturated rings. The van der Waals surface area contributed by atoms with E-state index in [1.54, 1.807) is 12.1 Å². The van der Waals surface area contributed by atoms with Crippen LogP contribution in [0.1, 0.15) is 131 Å². The summed E-state index contributed by atoms with van der Waals surface area (Å²) in [5, 5.41) is 19.7. The molecule has 0 bridgehead atoms. The average molecular weight is 1140 g/mol. The van der Waals surface area contributed by atoms with E-state index in [4.69, 9.17) is 13.8 Å². The molecule has 0 spiro atoms. The molecule has 3 atom stereocenters. The van der Waals surface area contributed by atoms with Crippen molar-refractivity contribution in [3.63, 3.8) is 0 Å². The zero-order chi connectivity index (χ0) is 56.9. The van der Waals surface area contributed by atoms with Crippen molar-refractivity contribution < 1.29 is 80.7 Å². The Morgan fingerprint density at radius 1 is 0.750 bits per heavy atom. The van der Waals surface area contributed by atoms with Crippen LogP contribution in [-0.2, 0) is 65.0 Å². The summed E-state index contributed by atoms with van der Waals surface area (Å²) in [6.07, 6.45) is 12.2. The highest BCUT2D eigenvalue weighted by molar-refractivity contribution is 7.87. The summed E-state index contributed by atoms with van der Waals surface area (Å²) in [6.45, 7) is 16.4. The number of aromatic hydroxyl groups is 2. The molecule has 20 nitrogen and oxygen atoms in total. The van der Waals surface area contributed by atoms with Crippen molar-refractivity contribution in [2.45, 2.75) is 151 Å². The van der Waals surface area contributed by atoms with Crippen molar-refractivity contribution in [3.8, 4) is 11.8 Å². The molecule has 2 aromatic carbocycles. The van der Waals surface area contributed by atoms with E-state index in [9.17, 15) is 62.3 Å². The van der Waals surface area contributed by atoms with E-state index in [1.165, 1.54) is 36.4 Å². The lowest BCUT2D eigenvalue weighted by Gasteiger charge is -2.41. The van der Waals surface area contributed by atoms with Crippen molar-refractivity contribution in [3.05, 3.63) is 95.7 Å². The Bertz CT molecular complexity index is 3190. The highest BCUT2D eigenvalue weighted by atomic mass is 32.2. The van der Waals surface area contributed by atoms with Crippen LogP contribution in [0.15, 0.2) is 94.4 Å². The molecule has 2 aliphatic rings. The van der Waals surface area contributed by atoms with Crippen LogP contribution in [0.25, 0.3) is 0 Å². The fourth-order valence-corrected chi connectivity index (χ4v) is 12.5. The van der Waals surface area contributed by atoms with Crippen molar-refractivity contribution in [2.75, 3.05) is 36.7 Å². The molecule has 24 heteroatoms. The van der Waals surface area contributed by atoms with Gasteiger partial charge in [0.05, 0.1) is 39.4 Å². The lowest BCUT2D eigenvalue weighted by atomic mass is 9.72. The van der Waals surface area contributed by atoms with Gasteiger partial charge in [0.1, 0.15) is 6.54 Å². The molecule has 5 rings (SSSR count). The summed E-state index contributed by atoms with van der Waals surface area (Å²) in [7, 11) is -16.4. The van der Waals surface area contributed by atoms with Gasteiger partial charge in [0.25, 0.3) is 40.5 Å². The molecule has 2 aliphatic heterocycles. The molecule has 5 N–H and O–H groups in total. The van der Waals surface area contributed by atoms with Gasteiger partial charge in [0, 0.05) is 71.5 Å². The van der Waals surface area contributed by atoms with E-state index in [0.29, 0.717) is 72.5 Å². The second-order valence-corrected chi connectivity index (χ2v) is 27.7. The van der Waals surface area contributed by atoms with Crippen LogP contribution in [-0.4, -0.2) is 121 Å². The zero-order valence-corrected chi connectivity index (χ0v) is 47.9. The number of allylic oxidation sites excluding steroid dienone is 6. The maximum atomic E-state index is 12.6. The molecular formula is C52H74N3O17S4+. The highest BCUT2D eigenvalue weighted by Crippen LogP contribution is 2.54. The van der Waals surface area contributed by atoms with Gasteiger partial charge < -0.3 is 24.7 Å². The first-order valence-electron chi connectivity index (χ1n) is 25.0. The van der Waals surface area contributed by atoms with Gasteiger partial charge in [0.15, 0.2) is 5.71 Å². The summed E-state index contributed by atoms with van der Waals surface area (Å²) in [5.74, 6) is -2.72. The Morgan fingerprint density at radius 3 is 1.93 bits per heavy atom. The Morgan fingerprint density at radius 2 is 1.34 bits per heavy atom. The second-order valence-electron chi connectivity index (χ2n) is 21.4. The van der Waals surface area contributed by atoms with E-state index in [1.807, 2.05) is 85.8 Å². The average Bonchev–Trinajstić information content (AvgIpc) is 3.84. The molecular weight excluding hydrogens is 1070 g/mol. The van der Waals surface area contributed by atoms with Crippen molar-refractivity contribution in [1.29, 1.82) is 0 Å². The molecule has 3 unspecified atom stereocenters. The van der Waals surface area contributed by atoms with Crippen LogP contribution in [0.2, 0.25) is 0 Å². The number of rotatable bonds is 27. The SMILES string of the molecule is COS(=O)(=O)CCCC1(C)C(=CC=CC=CCC(C)C2=[N+](CCCCCC(=O)On3c(O)ccc3O)c3ccc(S(=O)(=O)O)cc3C2(C)CCCS(=O)(=O)O)N(C(C)(C)CCOC(C)(C)C)c2ccc(S(=O)(=O)O)cc21. The van der Waals surface area contributed by atoms with E-state index in [2.05, 4.69) is 9.48 Å². The predicted octanol–water partition coefficient (Wildman–Crippen LogP) is 8.17. The van der Waals surface area contributed by atoms with Crippen LogP contribution >= 0.6 is 0 Å². The number of fused-ring (bicyclic) bond motifs is 2. The van der Waals surface area contributed by atoms with Crippen LogP contribution < -0.4 is 9.74 Å². The molecule has 1 aromatic heterocycles. The van der Waals surface area contributed by atoms with Gasteiger partial charge in [-0.05, 0) is 142 Å². The van der Waals surface area contributed by atoms with Crippen molar-refractivity contribution in [2.24, 2.45) is 5.92 Å². The zero-order valence-electron chi connectivity index (χ0n) is 44.6. The Labute approximate surface area is 448 Å². The number of unbranched alkanes of at least 4 members (excludes halogenated alkanes) is 2. The smallest absolute Gasteiger partial charge is 0.333 e. The Hall–Kier alpha value is -4.92. The fourth-order valence-electron chi connectivity index (χ4n) is 10.3. The van der Waals surface area contributed by atoms with Gasteiger partial charge in [0.2, 0.25) is 17.4 Å². The minimum absolute atomic E-state index is 0.0103. The molecule has 0 saturated heterocycles. The van der Waals surface area contributed by atoms with Gasteiger partial charge in [-0.3, -0.25) is 17.8 Å². The maximum Gasteiger partial charge on any atom is 0.333 e. The van der Waals surface area contributed by atoms with Crippen molar-refractivity contribution >= 4 is 63.5 Å². The third-order valence-electron chi connectivity index (χ3n) is 14.0. The first-order valence-corrected chi connectivity index (χ1v) is 31.0. The number of carbonyl (C=O) groups excluding carboxylic acids is 1. The summed E-state index contributed by atoms with van der Waals surface area (Å²) >= 11 is 0. The Balaban J connectivity index is 1.51. The number of hydrogen-bond donors (Lipinski definition) is 5. The van der Waals surface area contributed by atoms with Crippen molar-refractivity contribution in [1.82, 2.24) is 4.73 Å². The van der Waals surface area contributed by atoms with Crippen LogP contribution in [0.4, 0.5) is 11.4 Å². The van der Waals surface area contributed by atoms with E-state index >= 15 is 0 Å². The van der Waals surface area contributed by atoms with E-state index in [0.717, 1.165) is 18.5 Å². The third kappa shape index (κ3) is 15.4. The lowest BCUT2D eigenvalue weighted by molar-refractivity contribution is -0.442. The standard InChI is InChI=1S/C52H73N3O17S4/c1-37(48-52(8,29-17-33-73(59,60)61)40-35-38(75(64,65)66)22-24-42(40)53(48)31-16-12-15-21-47(58)72-55-45(56)26-27-46(55)57)19-13-10-11-14-20-44-51(7,28-18-34-74(62,63)70-9)41-36-39(76(67,68)69)23-25-43(41)54(44)50(5,6)30-32-71-49(2,3)4/h10-11,13-14,20,22-27,35-37H,12,15-19,21,28-34H2,1-9H3,(H4-,56,57,59,60,61,64,65,66,67,68,69)/p+1. The summed E-state index contributed by atoms with van der Waals surface area (Å²) in [5.41, 5.74) is 0.941. The predicted molar refractivity (Wildman–Crippen MR) is 288 cm³/mol. The quantitative estimate of drug-likeness (QED) is 0.0158. The van der Waals surface area contributed by atoms with Gasteiger partial charge in [-0.1, -0.05) is 31.2 Å². The molecule has 422 valence electrons. The highest BCUT2D eigenvalue weighted by Gasteiger charge is 2.51. The van der Waals surface area contributed by atoms with Gasteiger partial charge in [-0.25, -0.2) is 4.79 Å². The second kappa shape index (κ2) is 24.0.